The molecule has 1 aromatic carbocycles. The highest BCUT2D eigenvalue weighted by Crippen LogP contribution is 2.36. The van der Waals surface area contributed by atoms with Gasteiger partial charge in [-0.25, -0.2) is 23.1 Å². The molecule has 0 saturated heterocycles. The van der Waals surface area contributed by atoms with Crippen molar-refractivity contribution in [3.8, 4) is 5.75 Å². The summed E-state index contributed by atoms with van der Waals surface area (Å²) >= 11 is 0. The van der Waals surface area contributed by atoms with Crippen molar-refractivity contribution < 1.29 is 32.6 Å². The molecule has 1 aliphatic heterocycles. The van der Waals surface area contributed by atoms with E-state index in [4.69, 9.17) is 14.7 Å². The lowest BCUT2D eigenvalue weighted by Gasteiger charge is -2.31. The van der Waals surface area contributed by atoms with Gasteiger partial charge < -0.3 is 14.6 Å². The van der Waals surface area contributed by atoms with Gasteiger partial charge in [0, 0.05) is 12.4 Å². The number of aryl methyl sites for hydroxylation is 2. The third-order valence-electron chi connectivity index (χ3n) is 6.71. The highest BCUT2D eigenvalue weighted by molar-refractivity contribution is 7.92. The lowest BCUT2D eigenvalue weighted by Crippen LogP contribution is -2.37. The molecule has 1 N–H and O–H groups in total. The summed E-state index contributed by atoms with van der Waals surface area (Å²) in [6.07, 6.45) is 4.46. The zero-order valence-electron chi connectivity index (χ0n) is 20.6. The summed E-state index contributed by atoms with van der Waals surface area (Å²) in [6.45, 7) is 3.83. The summed E-state index contributed by atoms with van der Waals surface area (Å²) in [7, 11) is -2.29. The van der Waals surface area contributed by atoms with E-state index in [1.54, 1.807) is 38.4 Å². The topological polar surface area (TPSA) is 128 Å². The van der Waals surface area contributed by atoms with Crippen LogP contribution in [0.3, 0.4) is 0 Å². The Hall–Kier alpha value is -3.18. The number of aliphatic imine (C=N–C) groups is 1. The smallest absolute Gasteiger partial charge is 0.497 e. The molecule has 1 saturated carbocycles. The molecule has 1 aromatic heterocycles. The van der Waals surface area contributed by atoms with E-state index < -0.39 is 28.2 Å². The lowest BCUT2D eigenvalue weighted by molar-refractivity contribution is -0.211. The normalized spacial score (nSPS) is 22.2. The predicted octanol–water partition coefficient (Wildman–Crippen LogP) is 4.08. The van der Waals surface area contributed by atoms with Crippen LogP contribution in [-0.4, -0.2) is 61.4 Å². The fourth-order valence-corrected chi connectivity index (χ4v) is 6.88. The Balaban J connectivity index is 1.48. The molecule has 10 nitrogen and oxygen atoms in total. The number of amidine groups is 1. The van der Waals surface area contributed by atoms with E-state index in [0.29, 0.717) is 29.3 Å². The van der Waals surface area contributed by atoms with Gasteiger partial charge in [0.2, 0.25) is 0 Å². The molecule has 0 amide bonds. The number of rotatable bonds is 8. The number of pyridine rings is 1. The fraction of sp³-hybridized carbons (Fsp3) is 0.480. The molecule has 0 bridgehead atoms. The molecule has 1 fully saturated rings. The van der Waals surface area contributed by atoms with Crippen molar-refractivity contribution in [2.45, 2.75) is 56.8 Å². The Kier molecular flexibility index (Phi) is 7.79. The Bertz CT molecular complexity index is 1200. The van der Waals surface area contributed by atoms with E-state index in [2.05, 4.69) is 14.7 Å². The summed E-state index contributed by atoms with van der Waals surface area (Å²) in [4.78, 5) is 25.1. The molecule has 11 heteroatoms. The van der Waals surface area contributed by atoms with Gasteiger partial charge in [-0.3, -0.25) is 4.98 Å². The number of nitrogens with zero attached hydrogens (tertiary/aromatic N) is 3. The third-order valence-corrected chi connectivity index (χ3v) is 8.61. The SMILES string of the molecule is COc1cc(C)c(S(=O)(=O)CC2=NC(OC(=O)O)ON2CC2CCC(c3ccncc3)CC2)c(C)c1. The van der Waals surface area contributed by atoms with E-state index in [1.807, 2.05) is 12.1 Å². The van der Waals surface area contributed by atoms with Crippen LogP contribution in [0.1, 0.15) is 48.3 Å². The summed E-state index contributed by atoms with van der Waals surface area (Å²) in [5.41, 5.74) is 2.39. The second-order valence-corrected chi connectivity index (χ2v) is 11.2. The van der Waals surface area contributed by atoms with Crippen molar-refractivity contribution in [1.29, 1.82) is 0 Å². The average Bonchev–Trinajstić information content (AvgIpc) is 3.18. The maximum atomic E-state index is 13.4. The number of hydroxylamine groups is 2. The van der Waals surface area contributed by atoms with E-state index >= 15 is 0 Å². The van der Waals surface area contributed by atoms with Crippen LogP contribution in [-0.2, 0) is 19.4 Å². The standard InChI is InChI=1S/C25H31N3O7S/c1-16-12-21(33-3)13-17(2)23(16)36(31,32)15-22-27-24(34-25(29)30)35-28(22)14-18-4-6-19(7-5-18)20-8-10-26-11-9-20/h8-13,18-19,24H,4-7,14-15H2,1-3H3,(H,29,30). The molecule has 194 valence electrons. The Morgan fingerprint density at radius 2 is 1.78 bits per heavy atom. The molecule has 1 atom stereocenters. The van der Waals surface area contributed by atoms with E-state index in [1.165, 1.54) is 17.7 Å². The van der Waals surface area contributed by atoms with Crippen molar-refractivity contribution in [1.82, 2.24) is 10.0 Å². The maximum absolute atomic E-state index is 13.4. The first kappa shape index (κ1) is 25.9. The van der Waals surface area contributed by atoms with Gasteiger partial charge in [0.25, 0.3) is 0 Å². The first-order valence-corrected chi connectivity index (χ1v) is 13.5. The van der Waals surface area contributed by atoms with Crippen molar-refractivity contribution in [2.75, 3.05) is 19.4 Å². The largest absolute Gasteiger partial charge is 0.509 e. The van der Waals surface area contributed by atoms with Gasteiger partial charge in [0.1, 0.15) is 17.3 Å². The summed E-state index contributed by atoms with van der Waals surface area (Å²) in [5.74, 6) is 0.967. The number of hydrogen-bond donors (Lipinski definition) is 1. The molecular formula is C25H31N3O7S. The summed E-state index contributed by atoms with van der Waals surface area (Å²) in [6, 6.07) is 7.42. The van der Waals surface area contributed by atoms with Crippen LogP contribution in [0.25, 0.3) is 0 Å². The number of sulfone groups is 1. The highest BCUT2D eigenvalue weighted by atomic mass is 32.2. The van der Waals surface area contributed by atoms with Crippen LogP contribution in [0.15, 0.2) is 46.5 Å². The Labute approximate surface area is 210 Å². The zero-order chi connectivity index (χ0) is 25.9. The van der Waals surface area contributed by atoms with Crippen molar-refractivity contribution in [2.24, 2.45) is 10.9 Å². The van der Waals surface area contributed by atoms with Crippen molar-refractivity contribution >= 4 is 21.8 Å². The summed E-state index contributed by atoms with van der Waals surface area (Å²) < 4.78 is 36.8. The van der Waals surface area contributed by atoms with Gasteiger partial charge >= 0.3 is 12.6 Å². The predicted molar refractivity (Wildman–Crippen MR) is 132 cm³/mol. The molecule has 1 unspecified atom stereocenters. The average molecular weight is 518 g/mol. The molecule has 0 radical (unpaired) electrons. The zero-order valence-corrected chi connectivity index (χ0v) is 21.4. The number of carbonyl (C=O) groups is 1. The van der Waals surface area contributed by atoms with Gasteiger partial charge in [0.05, 0.1) is 18.6 Å². The Morgan fingerprint density at radius 3 is 2.36 bits per heavy atom. The number of ether oxygens (including phenoxy) is 2. The highest BCUT2D eigenvalue weighted by Gasteiger charge is 2.36. The number of carboxylic acid groups (broad SMARTS) is 1. The van der Waals surface area contributed by atoms with Gasteiger partial charge in [-0.15, -0.1) is 0 Å². The number of methoxy groups -OCH3 is 1. The second-order valence-electron chi connectivity index (χ2n) is 9.25. The van der Waals surface area contributed by atoms with Crippen molar-refractivity contribution in [3.05, 3.63) is 53.3 Å². The molecule has 2 aliphatic rings. The van der Waals surface area contributed by atoms with E-state index in [0.717, 1.165) is 25.7 Å². The second kappa shape index (κ2) is 10.8. The van der Waals surface area contributed by atoms with Crippen LogP contribution in [0, 0.1) is 19.8 Å². The van der Waals surface area contributed by atoms with E-state index in [-0.39, 0.29) is 16.6 Å². The minimum Gasteiger partial charge on any atom is -0.497 e. The maximum Gasteiger partial charge on any atom is 0.509 e. The molecule has 2 heterocycles. The molecule has 0 spiro atoms. The minimum atomic E-state index is -3.82. The number of aromatic nitrogens is 1. The monoisotopic (exact) mass is 517 g/mol. The molecule has 4 rings (SSSR count). The molecular weight excluding hydrogens is 486 g/mol. The number of benzene rings is 1. The van der Waals surface area contributed by atoms with Crippen LogP contribution in [0.2, 0.25) is 0 Å². The minimum absolute atomic E-state index is 0.132. The van der Waals surface area contributed by atoms with E-state index in [9.17, 15) is 13.2 Å². The van der Waals surface area contributed by atoms with Crippen LogP contribution in [0.5, 0.6) is 5.75 Å². The van der Waals surface area contributed by atoms with Crippen LogP contribution < -0.4 is 4.74 Å². The van der Waals surface area contributed by atoms with Gasteiger partial charge in [-0.05, 0) is 92.3 Å². The lowest BCUT2D eigenvalue weighted by atomic mass is 9.79. The third kappa shape index (κ3) is 5.96. The summed E-state index contributed by atoms with van der Waals surface area (Å²) in [5, 5.41) is 10.4. The quantitative estimate of drug-likeness (QED) is 0.515. The first-order valence-electron chi connectivity index (χ1n) is 11.8. The van der Waals surface area contributed by atoms with Gasteiger partial charge in [0.15, 0.2) is 9.84 Å². The van der Waals surface area contributed by atoms with Crippen LogP contribution in [0.4, 0.5) is 4.79 Å². The Morgan fingerprint density at radius 1 is 1.14 bits per heavy atom. The molecule has 36 heavy (non-hydrogen) atoms. The van der Waals surface area contributed by atoms with Crippen molar-refractivity contribution in [3.63, 3.8) is 0 Å². The molecule has 2 aromatic rings. The molecule has 1 aliphatic carbocycles. The van der Waals surface area contributed by atoms with Gasteiger partial charge in [-0.2, -0.15) is 4.99 Å². The first-order chi connectivity index (χ1) is 17.2. The van der Waals surface area contributed by atoms with Crippen LogP contribution >= 0.6 is 0 Å². The van der Waals surface area contributed by atoms with Gasteiger partial charge in [-0.1, -0.05) is 0 Å². The fourth-order valence-electron chi connectivity index (χ4n) is 5.08. The number of hydrogen-bond acceptors (Lipinski definition) is 9.